The van der Waals surface area contributed by atoms with Crippen molar-refractivity contribution in [3.8, 4) is 0 Å². The molecule has 0 spiro atoms. The van der Waals surface area contributed by atoms with Crippen LogP contribution >= 0.6 is 0 Å². The number of aliphatic hydroxyl groups is 3. The van der Waals surface area contributed by atoms with Gasteiger partial charge in [-0.3, -0.25) is 0 Å². The number of hydrogen-bond acceptors (Lipinski definition) is 3. The third-order valence-electron chi connectivity index (χ3n) is 13.2. The average Bonchev–Trinajstić information content (AvgIpc) is 2.69. The minimum absolute atomic E-state index is 0.0446. The Hall–Kier alpha value is -0.380. The third kappa shape index (κ3) is 2.91. The molecule has 0 radical (unpaired) electrons. The summed E-state index contributed by atoms with van der Waals surface area (Å²) in [4.78, 5) is 0. The van der Waals surface area contributed by atoms with E-state index in [1.807, 2.05) is 0 Å². The third-order valence-corrected chi connectivity index (χ3v) is 13.2. The lowest BCUT2D eigenvalue weighted by atomic mass is 9.33. The molecule has 0 unspecified atom stereocenters. The van der Waals surface area contributed by atoms with Gasteiger partial charge < -0.3 is 15.3 Å². The van der Waals surface area contributed by atoms with E-state index >= 15 is 0 Å². The zero-order valence-electron chi connectivity index (χ0n) is 22.5. The smallest absolute Gasteiger partial charge is 0.0762 e. The molecule has 5 aliphatic rings. The van der Waals surface area contributed by atoms with Crippen molar-refractivity contribution in [2.75, 3.05) is 0 Å². The SMILES string of the molecule is CC1(C)C[C@H]2C3=C[C@@H](O)[C@@H]4[C@@]5(C)CC[C@@H](O)C(C)(C)[C@@H]5CC[C@@]4(C)[C@]3(C)CC[C@@]2(C)C[C@@H]1O. The predicted molar refractivity (Wildman–Crippen MR) is 133 cm³/mol. The first-order valence-electron chi connectivity index (χ1n) is 13.8. The summed E-state index contributed by atoms with van der Waals surface area (Å²) in [5.41, 5.74) is 1.64. The van der Waals surface area contributed by atoms with Crippen LogP contribution in [0.1, 0.15) is 107 Å². The van der Waals surface area contributed by atoms with E-state index < -0.39 is 6.10 Å². The Bertz CT molecular complexity index is 859. The Morgan fingerprint density at radius 3 is 2.09 bits per heavy atom. The van der Waals surface area contributed by atoms with Crippen molar-refractivity contribution in [1.82, 2.24) is 0 Å². The molecule has 0 aromatic rings. The van der Waals surface area contributed by atoms with Gasteiger partial charge in [0.15, 0.2) is 0 Å². The van der Waals surface area contributed by atoms with Crippen molar-refractivity contribution in [1.29, 1.82) is 0 Å². The van der Waals surface area contributed by atoms with Gasteiger partial charge in [0.2, 0.25) is 0 Å². The topological polar surface area (TPSA) is 60.7 Å². The summed E-state index contributed by atoms with van der Waals surface area (Å²) in [6.45, 7) is 18.9. The molecule has 0 heterocycles. The summed E-state index contributed by atoms with van der Waals surface area (Å²) in [6, 6.07) is 0. The van der Waals surface area contributed by atoms with Crippen molar-refractivity contribution in [2.24, 2.45) is 50.2 Å². The summed E-state index contributed by atoms with van der Waals surface area (Å²) in [6.07, 6.45) is 9.76. The Balaban J connectivity index is 1.62. The van der Waals surface area contributed by atoms with E-state index in [0.29, 0.717) is 11.8 Å². The van der Waals surface area contributed by atoms with Crippen molar-refractivity contribution < 1.29 is 15.3 Å². The number of rotatable bonds is 0. The van der Waals surface area contributed by atoms with Gasteiger partial charge in [0, 0.05) is 5.92 Å². The minimum Gasteiger partial charge on any atom is -0.393 e. The number of fused-ring (bicyclic) bond motifs is 7. The van der Waals surface area contributed by atoms with E-state index in [2.05, 4.69) is 61.5 Å². The standard InChI is InChI=1S/C30H50O3/c1-25(2)16-19-18-15-20(31)24-28(6)11-10-22(32)26(3,4)21(28)9-12-30(24,8)29(18,7)14-13-27(19,5)17-23(25)33/h15,19-24,31-33H,9-14,16-17H2,1-8H3/t19-,20+,21-,22+,23-,24+,27-,28-,29+,30+/m0/s1. The fourth-order valence-corrected chi connectivity index (χ4v) is 10.7. The van der Waals surface area contributed by atoms with Crippen molar-refractivity contribution >= 4 is 0 Å². The second-order valence-corrected chi connectivity index (χ2v) is 15.4. The minimum atomic E-state index is -0.422. The van der Waals surface area contributed by atoms with Crippen LogP contribution in [0.3, 0.4) is 0 Å². The molecule has 5 aliphatic carbocycles. The normalized spacial score (nSPS) is 57.1. The van der Waals surface area contributed by atoms with Crippen LogP contribution in [0.5, 0.6) is 0 Å². The lowest BCUT2D eigenvalue weighted by molar-refractivity contribution is -0.226. The maximum Gasteiger partial charge on any atom is 0.0762 e. The molecule has 3 nitrogen and oxygen atoms in total. The molecular weight excluding hydrogens is 408 g/mol. The van der Waals surface area contributed by atoms with Gasteiger partial charge in [-0.1, -0.05) is 67.0 Å². The summed E-state index contributed by atoms with van der Waals surface area (Å²) < 4.78 is 0. The van der Waals surface area contributed by atoms with Gasteiger partial charge in [0.05, 0.1) is 18.3 Å². The molecule has 10 atom stereocenters. The average molecular weight is 459 g/mol. The zero-order valence-corrected chi connectivity index (χ0v) is 22.5. The Morgan fingerprint density at radius 1 is 0.758 bits per heavy atom. The maximum atomic E-state index is 11.9. The highest BCUT2D eigenvalue weighted by Gasteiger charge is 2.70. The number of allylic oxidation sites excluding steroid dienone is 1. The summed E-state index contributed by atoms with van der Waals surface area (Å²) in [5, 5.41) is 33.8. The molecular formula is C30H50O3. The summed E-state index contributed by atoms with van der Waals surface area (Å²) >= 11 is 0. The van der Waals surface area contributed by atoms with Crippen LogP contribution in [0.2, 0.25) is 0 Å². The van der Waals surface area contributed by atoms with Gasteiger partial charge in [-0.25, -0.2) is 0 Å². The van der Waals surface area contributed by atoms with E-state index in [9.17, 15) is 15.3 Å². The second kappa shape index (κ2) is 6.88. The van der Waals surface area contributed by atoms with Crippen molar-refractivity contribution in [3.05, 3.63) is 11.6 Å². The van der Waals surface area contributed by atoms with E-state index in [-0.39, 0.29) is 50.6 Å². The van der Waals surface area contributed by atoms with Crippen LogP contribution < -0.4 is 0 Å². The zero-order chi connectivity index (χ0) is 24.4. The molecule has 0 aromatic carbocycles. The maximum absolute atomic E-state index is 11.9. The molecule has 0 bridgehead atoms. The highest BCUT2D eigenvalue weighted by Crippen LogP contribution is 2.75. The molecule has 0 saturated heterocycles. The van der Waals surface area contributed by atoms with Crippen LogP contribution in [-0.2, 0) is 0 Å². The van der Waals surface area contributed by atoms with Crippen LogP contribution in [-0.4, -0.2) is 33.6 Å². The molecule has 188 valence electrons. The molecule has 5 rings (SSSR count). The molecule has 33 heavy (non-hydrogen) atoms. The van der Waals surface area contributed by atoms with Crippen LogP contribution in [0.4, 0.5) is 0 Å². The van der Waals surface area contributed by atoms with Crippen LogP contribution in [0.15, 0.2) is 11.6 Å². The van der Waals surface area contributed by atoms with Gasteiger partial charge in [0.1, 0.15) is 0 Å². The first-order chi connectivity index (χ1) is 15.0. The Morgan fingerprint density at radius 2 is 1.42 bits per heavy atom. The van der Waals surface area contributed by atoms with Gasteiger partial charge in [-0.05, 0) is 95.7 Å². The molecule has 0 aliphatic heterocycles. The molecule has 3 N–H and O–H groups in total. The van der Waals surface area contributed by atoms with Gasteiger partial charge in [-0.15, -0.1) is 0 Å². The predicted octanol–water partition coefficient (Wildman–Crippen LogP) is 6.11. The highest BCUT2D eigenvalue weighted by molar-refractivity contribution is 5.35. The first kappa shape index (κ1) is 24.3. The van der Waals surface area contributed by atoms with Crippen LogP contribution in [0.25, 0.3) is 0 Å². The lowest BCUT2D eigenvalue weighted by Crippen LogP contribution is -2.67. The lowest BCUT2D eigenvalue weighted by Gasteiger charge is -2.72. The molecule has 4 fully saturated rings. The quantitative estimate of drug-likeness (QED) is 0.384. The molecule has 3 heteroatoms. The van der Waals surface area contributed by atoms with E-state index in [4.69, 9.17) is 0 Å². The van der Waals surface area contributed by atoms with Gasteiger partial charge in [-0.2, -0.15) is 0 Å². The van der Waals surface area contributed by atoms with Gasteiger partial charge in [0.25, 0.3) is 0 Å². The Labute approximate surface area is 202 Å². The summed E-state index contributed by atoms with van der Waals surface area (Å²) in [5.74, 6) is 1.12. The van der Waals surface area contributed by atoms with E-state index in [0.717, 1.165) is 44.9 Å². The molecule has 0 aromatic heterocycles. The van der Waals surface area contributed by atoms with Crippen LogP contribution in [0, 0.1) is 50.2 Å². The highest BCUT2D eigenvalue weighted by atomic mass is 16.3. The largest absolute Gasteiger partial charge is 0.393 e. The fraction of sp³-hybridized carbons (Fsp3) is 0.933. The van der Waals surface area contributed by atoms with E-state index in [1.165, 1.54) is 12.0 Å². The first-order valence-corrected chi connectivity index (χ1v) is 13.8. The number of hydrogen-bond donors (Lipinski definition) is 3. The van der Waals surface area contributed by atoms with Gasteiger partial charge >= 0.3 is 0 Å². The molecule has 0 amide bonds. The number of aliphatic hydroxyl groups excluding tert-OH is 3. The van der Waals surface area contributed by atoms with Crippen molar-refractivity contribution in [3.63, 3.8) is 0 Å². The Kier molecular flexibility index (Phi) is 5.07. The summed E-state index contributed by atoms with van der Waals surface area (Å²) in [7, 11) is 0. The monoisotopic (exact) mass is 458 g/mol. The fourth-order valence-electron chi connectivity index (χ4n) is 10.7. The van der Waals surface area contributed by atoms with Crippen molar-refractivity contribution in [2.45, 2.75) is 125 Å². The second-order valence-electron chi connectivity index (χ2n) is 15.4. The van der Waals surface area contributed by atoms with E-state index in [1.54, 1.807) is 0 Å². The molecule has 4 saturated carbocycles.